The average molecular weight is 308 g/mol. The van der Waals surface area contributed by atoms with E-state index in [0.717, 1.165) is 35.7 Å². The lowest BCUT2D eigenvalue weighted by molar-refractivity contribution is -0.193. The summed E-state index contributed by atoms with van der Waals surface area (Å²) in [6.07, 6.45) is 3.54. The molecular weight excluding hydrogens is 288 g/mol. The van der Waals surface area contributed by atoms with Crippen LogP contribution in [-0.4, -0.2) is 27.3 Å². The molecule has 1 aromatic rings. The number of hydrogen-bond acceptors (Lipinski definition) is 4. The van der Waals surface area contributed by atoms with Gasteiger partial charge in [-0.1, -0.05) is 25.1 Å². The van der Waals surface area contributed by atoms with Gasteiger partial charge in [0.2, 0.25) is 0 Å². The Morgan fingerprint density at radius 1 is 1.25 bits per heavy atom. The molecule has 4 rings (SSSR count). The predicted octanol–water partition coefficient (Wildman–Crippen LogP) is 3.63. The summed E-state index contributed by atoms with van der Waals surface area (Å²) in [7, 11) is 0. The van der Waals surface area contributed by atoms with Gasteiger partial charge in [0, 0.05) is 11.0 Å². The van der Waals surface area contributed by atoms with Crippen molar-refractivity contribution in [2.24, 2.45) is 5.41 Å². The van der Waals surface area contributed by atoms with Crippen LogP contribution in [0.1, 0.15) is 31.7 Å². The number of aliphatic hydroxyl groups is 1. The van der Waals surface area contributed by atoms with Gasteiger partial charge in [0.25, 0.3) is 0 Å². The molecule has 3 atom stereocenters. The molecule has 2 heterocycles. The lowest BCUT2D eigenvalue weighted by atomic mass is 9.55. The second-order valence-corrected chi connectivity index (χ2v) is 8.98. The smallest absolute Gasteiger partial charge is 0.125 e. The monoisotopic (exact) mass is 308 g/mol. The van der Waals surface area contributed by atoms with Gasteiger partial charge >= 0.3 is 0 Å². The van der Waals surface area contributed by atoms with E-state index in [-0.39, 0.29) is 16.1 Å². The molecule has 1 saturated carbocycles. The first-order valence-corrected chi connectivity index (χ1v) is 9.48. The van der Waals surface area contributed by atoms with Gasteiger partial charge in [0.1, 0.15) is 17.5 Å². The van der Waals surface area contributed by atoms with Crippen LogP contribution in [-0.2, 0) is 5.60 Å². The minimum Gasteiger partial charge on any atom is -0.489 e. The van der Waals surface area contributed by atoms with Crippen molar-refractivity contribution in [2.45, 2.75) is 42.5 Å². The zero-order chi connectivity index (χ0) is 13.8. The van der Waals surface area contributed by atoms with Crippen LogP contribution in [0.3, 0.4) is 0 Å². The second-order valence-electron chi connectivity index (χ2n) is 6.25. The summed E-state index contributed by atoms with van der Waals surface area (Å²) in [4.78, 5) is 0. The van der Waals surface area contributed by atoms with Crippen molar-refractivity contribution in [3.8, 4) is 5.75 Å². The van der Waals surface area contributed by atoms with Gasteiger partial charge in [-0.15, -0.1) is 23.5 Å². The average Bonchev–Trinajstić information content (AvgIpc) is 2.50. The molecule has 4 heteroatoms. The molecule has 1 N–H and O–H groups in total. The molecule has 108 valence electrons. The van der Waals surface area contributed by atoms with Gasteiger partial charge in [-0.05, 0) is 36.8 Å². The van der Waals surface area contributed by atoms with Crippen molar-refractivity contribution in [1.29, 1.82) is 0 Å². The maximum atomic E-state index is 11.8. The van der Waals surface area contributed by atoms with Crippen LogP contribution in [0.15, 0.2) is 24.3 Å². The van der Waals surface area contributed by atoms with Gasteiger partial charge in [0.05, 0.1) is 4.58 Å². The van der Waals surface area contributed by atoms with Gasteiger partial charge in [-0.2, -0.15) is 0 Å². The summed E-state index contributed by atoms with van der Waals surface area (Å²) < 4.78 is 6.37. The first-order valence-electron chi connectivity index (χ1n) is 7.38. The first kappa shape index (κ1) is 13.4. The molecule has 3 unspecified atom stereocenters. The lowest BCUT2D eigenvalue weighted by Crippen LogP contribution is -2.65. The fraction of sp³-hybridized carbons (Fsp3) is 0.625. The zero-order valence-electron chi connectivity index (χ0n) is 11.7. The third-order valence-corrected chi connectivity index (χ3v) is 8.40. The second kappa shape index (κ2) is 4.59. The standard InChI is InChI=1S/C16H20O2S2/c1-15-8-7-13(15)18-12-6-3-2-5-11(12)16(15,17)14-19-9-4-10-20-14/h2-3,5-6,13-14,17H,4,7-10H2,1H3. The molecule has 0 radical (unpaired) electrons. The number of hydrogen-bond donors (Lipinski definition) is 1. The first-order chi connectivity index (χ1) is 9.66. The van der Waals surface area contributed by atoms with Crippen LogP contribution in [0.2, 0.25) is 0 Å². The van der Waals surface area contributed by atoms with Crippen molar-refractivity contribution >= 4 is 23.5 Å². The van der Waals surface area contributed by atoms with Crippen LogP contribution in [0.4, 0.5) is 0 Å². The lowest BCUT2D eigenvalue weighted by Gasteiger charge is -2.61. The van der Waals surface area contributed by atoms with E-state index in [4.69, 9.17) is 4.74 Å². The highest BCUT2D eigenvalue weighted by Gasteiger charge is 2.65. The molecule has 0 bridgehead atoms. The maximum Gasteiger partial charge on any atom is 0.125 e. The van der Waals surface area contributed by atoms with Crippen LogP contribution >= 0.6 is 23.5 Å². The number of benzene rings is 1. The van der Waals surface area contributed by atoms with E-state index in [1.54, 1.807) is 0 Å². The minimum absolute atomic E-state index is 0.136. The summed E-state index contributed by atoms with van der Waals surface area (Å²) in [5, 5.41) is 11.8. The third kappa shape index (κ3) is 1.59. The zero-order valence-corrected chi connectivity index (χ0v) is 13.3. The van der Waals surface area contributed by atoms with Gasteiger partial charge in [0.15, 0.2) is 0 Å². The number of fused-ring (bicyclic) bond motifs is 2. The van der Waals surface area contributed by atoms with Gasteiger partial charge in [-0.3, -0.25) is 0 Å². The molecular formula is C16H20O2S2. The highest BCUT2D eigenvalue weighted by molar-refractivity contribution is 8.17. The topological polar surface area (TPSA) is 29.5 Å². The van der Waals surface area contributed by atoms with Crippen LogP contribution in [0.5, 0.6) is 5.75 Å². The van der Waals surface area contributed by atoms with Gasteiger partial charge in [-0.25, -0.2) is 0 Å². The Morgan fingerprint density at radius 2 is 2.00 bits per heavy atom. The third-order valence-electron chi connectivity index (χ3n) is 5.24. The summed E-state index contributed by atoms with van der Waals surface area (Å²) in [6, 6.07) is 8.09. The molecule has 0 spiro atoms. The molecule has 0 aromatic heterocycles. The number of thioether (sulfide) groups is 2. The molecule has 2 aliphatic heterocycles. The highest BCUT2D eigenvalue weighted by atomic mass is 32.2. The Morgan fingerprint density at radius 3 is 2.70 bits per heavy atom. The van der Waals surface area contributed by atoms with E-state index < -0.39 is 5.60 Å². The molecule has 0 amide bonds. The van der Waals surface area contributed by atoms with E-state index in [1.807, 2.05) is 41.7 Å². The van der Waals surface area contributed by atoms with Crippen molar-refractivity contribution in [3.63, 3.8) is 0 Å². The predicted molar refractivity (Wildman–Crippen MR) is 85.4 cm³/mol. The quantitative estimate of drug-likeness (QED) is 0.858. The SMILES string of the molecule is CC12CCC1Oc1ccccc1C2(O)C1SCCCS1. The molecule has 2 nitrogen and oxygen atoms in total. The Balaban J connectivity index is 1.85. The fourth-order valence-electron chi connectivity index (χ4n) is 3.79. The van der Waals surface area contributed by atoms with E-state index in [2.05, 4.69) is 13.0 Å². The molecule has 1 aliphatic carbocycles. The van der Waals surface area contributed by atoms with E-state index in [1.165, 1.54) is 6.42 Å². The van der Waals surface area contributed by atoms with Crippen LogP contribution in [0, 0.1) is 5.41 Å². The van der Waals surface area contributed by atoms with Crippen molar-refractivity contribution in [2.75, 3.05) is 11.5 Å². The summed E-state index contributed by atoms with van der Waals surface area (Å²) in [5.41, 5.74) is 0.106. The molecule has 20 heavy (non-hydrogen) atoms. The summed E-state index contributed by atoms with van der Waals surface area (Å²) in [6.45, 7) is 2.22. The Labute approximate surface area is 128 Å². The largest absolute Gasteiger partial charge is 0.489 e. The maximum absolute atomic E-state index is 11.8. The fourth-order valence-corrected chi connectivity index (χ4v) is 7.26. The van der Waals surface area contributed by atoms with E-state index >= 15 is 0 Å². The summed E-state index contributed by atoms with van der Waals surface area (Å²) >= 11 is 3.86. The Kier molecular flexibility index (Phi) is 3.06. The molecule has 2 fully saturated rings. The van der Waals surface area contributed by atoms with Crippen LogP contribution in [0.25, 0.3) is 0 Å². The van der Waals surface area contributed by atoms with Crippen molar-refractivity contribution < 1.29 is 9.84 Å². The summed E-state index contributed by atoms with van der Waals surface area (Å²) in [5.74, 6) is 3.21. The van der Waals surface area contributed by atoms with Gasteiger partial charge < -0.3 is 9.84 Å². The van der Waals surface area contributed by atoms with E-state index in [9.17, 15) is 5.11 Å². The molecule has 3 aliphatic rings. The number of para-hydroxylation sites is 1. The molecule has 1 aromatic carbocycles. The number of rotatable bonds is 1. The molecule has 1 saturated heterocycles. The minimum atomic E-state index is -0.763. The highest BCUT2D eigenvalue weighted by Crippen LogP contribution is 2.64. The Hall–Kier alpha value is -0.320. The number of ether oxygens (including phenoxy) is 1. The van der Waals surface area contributed by atoms with Crippen molar-refractivity contribution in [3.05, 3.63) is 29.8 Å². The van der Waals surface area contributed by atoms with Crippen LogP contribution < -0.4 is 4.74 Å². The van der Waals surface area contributed by atoms with Crippen molar-refractivity contribution in [1.82, 2.24) is 0 Å². The van der Waals surface area contributed by atoms with E-state index in [0.29, 0.717) is 0 Å². The normalized spacial score (nSPS) is 40.2. The Bertz CT molecular complexity index is 529.